The van der Waals surface area contributed by atoms with Crippen LogP contribution in [0.1, 0.15) is 10.6 Å². The summed E-state index contributed by atoms with van der Waals surface area (Å²) in [6, 6.07) is 7.61. The molecule has 0 radical (unpaired) electrons. The molecule has 0 fully saturated rings. The molecule has 2 heterocycles. The Morgan fingerprint density at radius 3 is 2.88 bits per heavy atom. The van der Waals surface area contributed by atoms with E-state index in [1.54, 1.807) is 23.3 Å². The highest BCUT2D eigenvalue weighted by atomic mass is 79.9. The van der Waals surface area contributed by atoms with Gasteiger partial charge < -0.3 is 9.32 Å². The van der Waals surface area contributed by atoms with E-state index in [2.05, 4.69) is 15.9 Å². The maximum atomic E-state index is 11.9. The lowest BCUT2D eigenvalue weighted by molar-refractivity contribution is -0.129. The summed E-state index contributed by atoms with van der Waals surface area (Å²) < 4.78 is 6.05. The molecule has 2 aromatic rings. The van der Waals surface area contributed by atoms with Crippen molar-refractivity contribution >= 4 is 33.2 Å². The third kappa shape index (κ3) is 3.44. The van der Waals surface area contributed by atoms with Crippen molar-refractivity contribution in [2.75, 3.05) is 7.05 Å². The summed E-state index contributed by atoms with van der Waals surface area (Å²) in [6.45, 7) is 0.496. The van der Waals surface area contributed by atoms with E-state index in [1.165, 1.54) is 0 Å². The molecular formula is C12H12BrNO2S. The van der Waals surface area contributed by atoms with Gasteiger partial charge in [-0.1, -0.05) is 6.07 Å². The number of thiophene rings is 1. The summed E-state index contributed by atoms with van der Waals surface area (Å²) in [7, 11) is 1.78. The molecule has 0 aliphatic carbocycles. The average Bonchev–Trinajstić information content (AvgIpc) is 2.90. The minimum Gasteiger partial charge on any atom is -0.452 e. The van der Waals surface area contributed by atoms with Gasteiger partial charge in [0.25, 0.3) is 0 Å². The number of likely N-dealkylation sites (N-methyl/N-ethyl adjacent to an activating group) is 1. The van der Waals surface area contributed by atoms with Crippen molar-refractivity contribution in [2.24, 2.45) is 0 Å². The Morgan fingerprint density at radius 2 is 2.29 bits per heavy atom. The van der Waals surface area contributed by atoms with Crippen LogP contribution in [-0.2, 0) is 17.8 Å². The summed E-state index contributed by atoms with van der Waals surface area (Å²) >= 11 is 4.84. The van der Waals surface area contributed by atoms with Crippen LogP contribution in [0.4, 0.5) is 0 Å². The van der Waals surface area contributed by atoms with Crippen LogP contribution in [0.2, 0.25) is 0 Å². The Bertz CT molecular complexity index is 492. The minimum atomic E-state index is 0.0972. The van der Waals surface area contributed by atoms with Crippen molar-refractivity contribution in [3.05, 3.63) is 45.0 Å². The quantitative estimate of drug-likeness (QED) is 0.867. The van der Waals surface area contributed by atoms with Gasteiger partial charge in [0.05, 0.1) is 13.0 Å². The van der Waals surface area contributed by atoms with Crippen LogP contribution < -0.4 is 0 Å². The van der Waals surface area contributed by atoms with Gasteiger partial charge in [-0.25, -0.2) is 0 Å². The number of halogens is 1. The molecule has 0 spiro atoms. The molecule has 3 nitrogen and oxygen atoms in total. The predicted octanol–water partition coefficient (Wildman–Crippen LogP) is 3.30. The minimum absolute atomic E-state index is 0.0972. The first-order chi connectivity index (χ1) is 8.15. The largest absolute Gasteiger partial charge is 0.452 e. The van der Waals surface area contributed by atoms with Crippen molar-refractivity contribution in [2.45, 2.75) is 13.0 Å². The predicted molar refractivity (Wildman–Crippen MR) is 70.9 cm³/mol. The zero-order valence-corrected chi connectivity index (χ0v) is 11.8. The standard InChI is InChI=1S/C12H12BrNO2S/c1-14(8-9-4-5-11(13)16-9)12(15)7-10-3-2-6-17-10/h2-6H,7-8H2,1H3. The Hall–Kier alpha value is -1.07. The fourth-order valence-corrected chi connectivity index (χ4v) is 2.49. The summed E-state index contributed by atoms with van der Waals surface area (Å²) in [5.41, 5.74) is 0. The van der Waals surface area contributed by atoms with E-state index in [9.17, 15) is 4.79 Å². The van der Waals surface area contributed by atoms with Gasteiger partial charge >= 0.3 is 0 Å². The molecule has 2 aromatic heterocycles. The van der Waals surface area contributed by atoms with Crippen molar-refractivity contribution < 1.29 is 9.21 Å². The molecule has 0 aliphatic heterocycles. The fraction of sp³-hybridized carbons (Fsp3) is 0.250. The first-order valence-corrected chi connectivity index (χ1v) is 6.83. The molecular weight excluding hydrogens is 302 g/mol. The van der Waals surface area contributed by atoms with E-state index in [1.807, 2.05) is 29.6 Å². The fourth-order valence-electron chi connectivity index (χ4n) is 1.46. The highest BCUT2D eigenvalue weighted by Gasteiger charge is 2.12. The van der Waals surface area contributed by atoms with Crippen molar-refractivity contribution in [3.8, 4) is 0 Å². The summed E-state index contributed by atoms with van der Waals surface area (Å²) in [6.07, 6.45) is 0.454. The number of rotatable bonds is 4. The molecule has 0 atom stereocenters. The normalized spacial score (nSPS) is 10.5. The molecule has 0 N–H and O–H groups in total. The van der Waals surface area contributed by atoms with Crippen LogP contribution in [0, 0.1) is 0 Å². The van der Waals surface area contributed by atoms with E-state index in [-0.39, 0.29) is 5.91 Å². The Balaban J connectivity index is 1.91. The number of hydrogen-bond acceptors (Lipinski definition) is 3. The molecule has 0 saturated carbocycles. The van der Waals surface area contributed by atoms with E-state index >= 15 is 0 Å². The van der Waals surface area contributed by atoms with E-state index < -0.39 is 0 Å². The lowest BCUT2D eigenvalue weighted by Gasteiger charge is -2.15. The first kappa shape index (κ1) is 12.4. The second-order valence-corrected chi connectivity index (χ2v) is 5.53. The van der Waals surface area contributed by atoms with Gasteiger partial charge in [0.15, 0.2) is 4.67 Å². The Labute approximate surface area is 112 Å². The van der Waals surface area contributed by atoms with Crippen LogP contribution in [0.25, 0.3) is 0 Å². The Kier molecular flexibility index (Phi) is 4.02. The van der Waals surface area contributed by atoms with Gasteiger partial charge in [0.1, 0.15) is 5.76 Å². The summed E-state index contributed by atoms with van der Waals surface area (Å²) in [4.78, 5) is 14.7. The topological polar surface area (TPSA) is 33.5 Å². The number of furan rings is 1. The highest BCUT2D eigenvalue weighted by Crippen LogP contribution is 2.16. The molecule has 0 saturated heterocycles. The zero-order valence-electron chi connectivity index (χ0n) is 9.35. The number of hydrogen-bond donors (Lipinski definition) is 0. The lowest BCUT2D eigenvalue weighted by Crippen LogP contribution is -2.27. The zero-order chi connectivity index (χ0) is 12.3. The van der Waals surface area contributed by atoms with Gasteiger partial charge in [0, 0.05) is 11.9 Å². The maximum Gasteiger partial charge on any atom is 0.227 e. The van der Waals surface area contributed by atoms with Crippen molar-refractivity contribution in [3.63, 3.8) is 0 Å². The molecule has 0 aromatic carbocycles. The molecule has 0 bridgehead atoms. The van der Waals surface area contributed by atoms with Gasteiger partial charge in [0.2, 0.25) is 5.91 Å². The van der Waals surface area contributed by atoms with E-state index in [4.69, 9.17) is 4.42 Å². The van der Waals surface area contributed by atoms with E-state index in [0.29, 0.717) is 17.6 Å². The Morgan fingerprint density at radius 1 is 1.47 bits per heavy atom. The van der Waals surface area contributed by atoms with Crippen LogP contribution in [-0.4, -0.2) is 17.9 Å². The van der Waals surface area contributed by atoms with Gasteiger partial charge in [-0.2, -0.15) is 0 Å². The van der Waals surface area contributed by atoms with Crippen LogP contribution in [0.15, 0.2) is 38.7 Å². The number of carbonyl (C=O) groups excluding carboxylic acids is 1. The molecule has 17 heavy (non-hydrogen) atoms. The van der Waals surface area contributed by atoms with Crippen molar-refractivity contribution in [1.82, 2.24) is 4.90 Å². The second-order valence-electron chi connectivity index (χ2n) is 3.71. The average molecular weight is 314 g/mol. The van der Waals surface area contributed by atoms with E-state index in [0.717, 1.165) is 10.6 Å². The molecule has 5 heteroatoms. The molecule has 90 valence electrons. The van der Waals surface area contributed by atoms with Crippen molar-refractivity contribution in [1.29, 1.82) is 0 Å². The van der Waals surface area contributed by atoms with Gasteiger partial charge in [-0.3, -0.25) is 4.79 Å². The van der Waals surface area contributed by atoms with Gasteiger partial charge in [-0.15, -0.1) is 11.3 Å². The number of amides is 1. The molecule has 0 unspecified atom stereocenters. The third-order valence-electron chi connectivity index (χ3n) is 2.35. The molecule has 0 aliphatic rings. The number of carbonyl (C=O) groups is 1. The highest BCUT2D eigenvalue weighted by molar-refractivity contribution is 9.10. The SMILES string of the molecule is CN(Cc1ccc(Br)o1)C(=O)Cc1cccs1. The molecule has 1 amide bonds. The maximum absolute atomic E-state index is 11.9. The van der Waals surface area contributed by atoms with Gasteiger partial charge in [-0.05, 0) is 39.5 Å². The summed E-state index contributed by atoms with van der Waals surface area (Å²) in [5, 5.41) is 1.98. The second kappa shape index (κ2) is 5.51. The van der Waals surface area contributed by atoms with Crippen LogP contribution in [0.3, 0.4) is 0 Å². The molecule has 2 rings (SSSR count). The first-order valence-electron chi connectivity index (χ1n) is 5.15. The summed E-state index contributed by atoms with van der Waals surface area (Å²) in [5.74, 6) is 0.874. The lowest BCUT2D eigenvalue weighted by atomic mass is 10.3. The van der Waals surface area contributed by atoms with Crippen LogP contribution >= 0.6 is 27.3 Å². The monoisotopic (exact) mass is 313 g/mol. The third-order valence-corrected chi connectivity index (χ3v) is 3.66. The van der Waals surface area contributed by atoms with Crippen LogP contribution in [0.5, 0.6) is 0 Å². The number of nitrogens with zero attached hydrogens (tertiary/aromatic N) is 1. The smallest absolute Gasteiger partial charge is 0.227 e.